The molecule has 0 radical (unpaired) electrons. The van der Waals surface area contributed by atoms with Gasteiger partial charge < -0.3 is 4.98 Å². The van der Waals surface area contributed by atoms with Gasteiger partial charge in [-0.2, -0.15) is 0 Å². The average Bonchev–Trinajstić information content (AvgIpc) is 2.73. The summed E-state index contributed by atoms with van der Waals surface area (Å²) in [5.41, 5.74) is 0. The Labute approximate surface area is 107 Å². The molecule has 0 aliphatic rings. The summed E-state index contributed by atoms with van der Waals surface area (Å²) < 4.78 is 25.9. The minimum Gasteiger partial charge on any atom is -0.330 e. The zero-order chi connectivity index (χ0) is 12.5. The largest absolute Gasteiger partial charge is 0.330 e. The van der Waals surface area contributed by atoms with Crippen LogP contribution in [0.4, 0.5) is 5.95 Å². The molecule has 0 spiro atoms. The normalized spacial score (nSPS) is 11.4. The van der Waals surface area contributed by atoms with E-state index in [9.17, 15) is 8.42 Å². The first-order valence-corrected chi connectivity index (χ1v) is 6.56. The summed E-state index contributed by atoms with van der Waals surface area (Å²) in [5, 5.41) is 0.109. The van der Waals surface area contributed by atoms with E-state index in [-0.39, 0.29) is 21.0 Å². The quantitative estimate of drug-likeness (QED) is 0.846. The van der Waals surface area contributed by atoms with Gasteiger partial charge in [0.2, 0.25) is 5.95 Å². The van der Waals surface area contributed by atoms with E-state index in [0.29, 0.717) is 0 Å². The molecule has 0 fully saturated rings. The number of aromatic nitrogens is 3. The van der Waals surface area contributed by atoms with Crippen LogP contribution in [0.25, 0.3) is 0 Å². The summed E-state index contributed by atoms with van der Waals surface area (Å²) in [7, 11) is -3.77. The van der Waals surface area contributed by atoms with Crippen LogP contribution in [0.15, 0.2) is 29.6 Å². The highest BCUT2D eigenvalue weighted by atomic mass is 35.5. The van der Waals surface area contributed by atoms with Crippen molar-refractivity contribution in [2.24, 2.45) is 0 Å². The molecule has 0 aliphatic heterocycles. The third kappa shape index (κ3) is 2.68. The number of nitrogens with one attached hydrogen (secondary N) is 2. The molecule has 0 bridgehead atoms. The Morgan fingerprint density at radius 1 is 1.29 bits per heavy atom. The predicted octanol–water partition coefficient (Wildman–Crippen LogP) is 1.91. The summed E-state index contributed by atoms with van der Waals surface area (Å²) in [4.78, 5) is 9.91. The Bertz CT molecular complexity index is 627. The number of sulfonamides is 1. The van der Waals surface area contributed by atoms with Crippen molar-refractivity contribution in [1.82, 2.24) is 15.0 Å². The van der Waals surface area contributed by atoms with Gasteiger partial charge in [-0.1, -0.05) is 23.2 Å². The van der Waals surface area contributed by atoms with Gasteiger partial charge in [-0.15, -0.1) is 0 Å². The summed E-state index contributed by atoms with van der Waals surface area (Å²) in [5.74, 6) is 0.107. The third-order valence-corrected chi connectivity index (χ3v) is 3.80. The Hall–Kier alpha value is -1.31. The topological polar surface area (TPSA) is 87.7 Å². The minimum atomic E-state index is -3.77. The van der Waals surface area contributed by atoms with Crippen molar-refractivity contribution in [2.75, 3.05) is 4.72 Å². The van der Waals surface area contributed by atoms with Crippen molar-refractivity contribution >= 4 is 39.2 Å². The summed E-state index contributed by atoms with van der Waals surface area (Å²) >= 11 is 11.3. The number of halogens is 2. The van der Waals surface area contributed by atoms with Crippen molar-refractivity contribution in [3.63, 3.8) is 0 Å². The molecule has 0 aromatic carbocycles. The first-order valence-electron chi connectivity index (χ1n) is 4.32. The van der Waals surface area contributed by atoms with E-state index in [1.165, 1.54) is 18.5 Å². The first kappa shape index (κ1) is 12.2. The SMILES string of the molecule is O=S(=O)(Nc1ncc[nH]1)c1cnc(Cl)c(Cl)c1. The highest BCUT2D eigenvalue weighted by Gasteiger charge is 2.17. The number of aromatic amines is 1. The van der Waals surface area contributed by atoms with Crippen molar-refractivity contribution in [2.45, 2.75) is 4.90 Å². The Kier molecular flexibility index (Phi) is 3.23. The van der Waals surface area contributed by atoms with Gasteiger partial charge in [0, 0.05) is 18.6 Å². The number of pyridine rings is 1. The Balaban J connectivity index is 2.35. The maximum absolute atomic E-state index is 11.9. The van der Waals surface area contributed by atoms with Crippen molar-refractivity contribution in [3.8, 4) is 0 Å². The van der Waals surface area contributed by atoms with Gasteiger partial charge in [0.25, 0.3) is 10.0 Å². The zero-order valence-electron chi connectivity index (χ0n) is 8.18. The number of hydrogen-bond donors (Lipinski definition) is 2. The molecule has 0 amide bonds. The van der Waals surface area contributed by atoms with Crippen LogP contribution in [0.5, 0.6) is 0 Å². The molecule has 90 valence electrons. The van der Waals surface area contributed by atoms with Gasteiger partial charge in [0.1, 0.15) is 10.0 Å². The maximum atomic E-state index is 11.9. The second kappa shape index (κ2) is 4.52. The number of nitrogens with zero attached hydrogens (tertiary/aromatic N) is 2. The van der Waals surface area contributed by atoms with Crippen LogP contribution in [0.2, 0.25) is 10.2 Å². The van der Waals surface area contributed by atoms with E-state index >= 15 is 0 Å². The number of rotatable bonds is 3. The molecule has 9 heteroatoms. The van der Waals surface area contributed by atoms with Crippen LogP contribution in [0.3, 0.4) is 0 Å². The van der Waals surface area contributed by atoms with Crippen molar-refractivity contribution in [1.29, 1.82) is 0 Å². The summed E-state index contributed by atoms with van der Waals surface area (Å²) in [6.07, 6.45) is 4.02. The summed E-state index contributed by atoms with van der Waals surface area (Å²) in [6, 6.07) is 1.21. The smallest absolute Gasteiger partial charge is 0.265 e. The molecular formula is C8H6Cl2N4O2S. The van der Waals surface area contributed by atoms with Crippen LogP contribution in [-0.4, -0.2) is 23.4 Å². The molecule has 0 aliphatic carbocycles. The van der Waals surface area contributed by atoms with Crippen LogP contribution < -0.4 is 4.72 Å². The van der Waals surface area contributed by atoms with Crippen LogP contribution >= 0.6 is 23.2 Å². The van der Waals surface area contributed by atoms with E-state index in [2.05, 4.69) is 19.7 Å². The van der Waals surface area contributed by atoms with E-state index in [0.717, 1.165) is 6.20 Å². The number of H-pyrrole nitrogens is 1. The fraction of sp³-hybridized carbons (Fsp3) is 0. The molecule has 2 aromatic heterocycles. The second-order valence-electron chi connectivity index (χ2n) is 2.99. The molecule has 0 saturated heterocycles. The molecule has 0 unspecified atom stereocenters. The van der Waals surface area contributed by atoms with Crippen molar-refractivity contribution in [3.05, 3.63) is 34.8 Å². The lowest BCUT2D eigenvalue weighted by atomic mass is 10.5. The van der Waals surface area contributed by atoms with Crippen LogP contribution in [-0.2, 0) is 10.0 Å². The Morgan fingerprint density at radius 2 is 2.06 bits per heavy atom. The van der Waals surface area contributed by atoms with Gasteiger partial charge in [-0.3, -0.25) is 0 Å². The fourth-order valence-corrected chi connectivity index (χ4v) is 2.34. The van der Waals surface area contributed by atoms with E-state index in [1.54, 1.807) is 0 Å². The van der Waals surface area contributed by atoms with Gasteiger partial charge in [0.15, 0.2) is 0 Å². The Morgan fingerprint density at radius 3 is 2.65 bits per heavy atom. The molecule has 2 aromatic rings. The second-order valence-corrected chi connectivity index (χ2v) is 5.43. The van der Waals surface area contributed by atoms with Gasteiger partial charge >= 0.3 is 0 Å². The fourth-order valence-electron chi connectivity index (χ4n) is 1.06. The molecule has 2 rings (SSSR count). The van der Waals surface area contributed by atoms with E-state index < -0.39 is 10.0 Å². The molecule has 2 heterocycles. The molecule has 0 atom stereocenters. The zero-order valence-corrected chi connectivity index (χ0v) is 10.5. The standard InChI is InChI=1S/C8H6Cl2N4O2S/c9-6-3-5(4-13-7(6)10)17(15,16)14-8-11-1-2-12-8/h1-4H,(H2,11,12,14). The highest BCUT2D eigenvalue weighted by Crippen LogP contribution is 2.22. The molecule has 2 N–H and O–H groups in total. The van der Waals surface area contributed by atoms with Crippen molar-refractivity contribution < 1.29 is 8.42 Å². The monoisotopic (exact) mass is 292 g/mol. The molecule has 0 saturated carbocycles. The lowest BCUT2D eigenvalue weighted by molar-refractivity contribution is 0.600. The number of hydrogen-bond acceptors (Lipinski definition) is 4. The van der Waals surface area contributed by atoms with E-state index in [4.69, 9.17) is 23.2 Å². The predicted molar refractivity (Wildman–Crippen MR) is 63.7 cm³/mol. The molecular weight excluding hydrogens is 287 g/mol. The van der Waals surface area contributed by atoms with Gasteiger partial charge in [0.05, 0.1) is 5.02 Å². The minimum absolute atomic E-state index is 0.0450. The lowest BCUT2D eigenvalue weighted by Gasteiger charge is -2.05. The van der Waals surface area contributed by atoms with Crippen LogP contribution in [0.1, 0.15) is 0 Å². The number of anilines is 1. The van der Waals surface area contributed by atoms with Gasteiger partial charge in [-0.25, -0.2) is 23.1 Å². The van der Waals surface area contributed by atoms with E-state index in [1.807, 2.05) is 0 Å². The molecule has 17 heavy (non-hydrogen) atoms. The third-order valence-electron chi connectivity index (χ3n) is 1.81. The highest BCUT2D eigenvalue weighted by molar-refractivity contribution is 7.92. The summed E-state index contributed by atoms with van der Waals surface area (Å²) in [6.45, 7) is 0. The number of imidazole rings is 1. The van der Waals surface area contributed by atoms with Crippen LogP contribution in [0, 0.1) is 0 Å². The lowest BCUT2D eigenvalue weighted by Crippen LogP contribution is -2.14. The average molecular weight is 293 g/mol. The maximum Gasteiger partial charge on any atom is 0.265 e. The molecule has 6 nitrogen and oxygen atoms in total. The first-order chi connectivity index (χ1) is 7.99. The van der Waals surface area contributed by atoms with Gasteiger partial charge in [-0.05, 0) is 6.07 Å².